The fourth-order valence-electron chi connectivity index (χ4n) is 1.67. The molecule has 0 aliphatic carbocycles. The van der Waals surface area contributed by atoms with Gasteiger partial charge in [-0.25, -0.2) is 0 Å². The Morgan fingerprint density at radius 1 is 1.53 bits per heavy atom. The number of aromatic nitrogens is 2. The molecule has 5 heteroatoms. The first kappa shape index (κ1) is 15.7. The summed E-state index contributed by atoms with van der Waals surface area (Å²) in [4.78, 5) is 11.8. The van der Waals surface area contributed by atoms with E-state index in [1.165, 1.54) is 0 Å². The van der Waals surface area contributed by atoms with Crippen molar-refractivity contribution >= 4 is 5.91 Å². The summed E-state index contributed by atoms with van der Waals surface area (Å²) in [6.07, 6.45) is 3.85. The molecule has 2 unspecified atom stereocenters. The quantitative estimate of drug-likeness (QED) is 0.819. The lowest BCUT2D eigenvalue weighted by Crippen LogP contribution is -2.39. The zero-order chi connectivity index (χ0) is 14.6. The molecule has 1 amide bonds. The summed E-state index contributed by atoms with van der Waals surface area (Å²) in [5.41, 5.74) is -0.391. The summed E-state index contributed by atoms with van der Waals surface area (Å²) in [6, 6.07) is 0. The molecule has 0 bridgehead atoms. The van der Waals surface area contributed by atoms with Gasteiger partial charge in [0, 0.05) is 25.2 Å². The van der Waals surface area contributed by atoms with Gasteiger partial charge in [0.2, 0.25) is 5.91 Å². The van der Waals surface area contributed by atoms with Crippen molar-refractivity contribution in [2.24, 2.45) is 18.9 Å². The van der Waals surface area contributed by atoms with Gasteiger partial charge in [0.15, 0.2) is 0 Å². The van der Waals surface area contributed by atoms with Gasteiger partial charge in [0.1, 0.15) is 5.60 Å². The van der Waals surface area contributed by atoms with Gasteiger partial charge in [-0.2, -0.15) is 5.10 Å². The third-order valence-electron chi connectivity index (χ3n) is 3.60. The first-order valence-electron chi connectivity index (χ1n) is 6.70. The highest BCUT2D eigenvalue weighted by molar-refractivity contribution is 5.76. The van der Waals surface area contributed by atoms with Gasteiger partial charge in [-0.15, -0.1) is 0 Å². The average Bonchev–Trinajstić information content (AvgIpc) is 2.74. The van der Waals surface area contributed by atoms with Crippen molar-refractivity contribution in [2.75, 3.05) is 6.54 Å². The predicted molar refractivity (Wildman–Crippen MR) is 74.4 cm³/mol. The van der Waals surface area contributed by atoms with Crippen LogP contribution in [0.1, 0.15) is 39.7 Å². The molecule has 1 aromatic rings. The van der Waals surface area contributed by atoms with Crippen molar-refractivity contribution in [3.63, 3.8) is 0 Å². The van der Waals surface area contributed by atoms with E-state index in [1.54, 1.807) is 31.0 Å². The molecule has 0 saturated heterocycles. The van der Waals surface area contributed by atoms with E-state index in [0.29, 0.717) is 23.8 Å². The van der Waals surface area contributed by atoms with Crippen LogP contribution in [0, 0.1) is 11.8 Å². The van der Waals surface area contributed by atoms with Gasteiger partial charge in [-0.3, -0.25) is 9.48 Å². The number of nitrogens with one attached hydrogen (secondary N) is 1. The summed E-state index contributed by atoms with van der Waals surface area (Å²) < 4.78 is 1.63. The third-order valence-corrected chi connectivity index (χ3v) is 3.60. The lowest BCUT2D eigenvalue weighted by atomic mass is 9.94. The molecule has 2 atom stereocenters. The van der Waals surface area contributed by atoms with Crippen LogP contribution in [0.3, 0.4) is 0 Å². The first-order valence-corrected chi connectivity index (χ1v) is 6.70. The van der Waals surface area contributed by atoms with Gasteiger partial charge >= 0.3 is 0 Å². The molecule has 0 aromatic carbocycles. The maximum absolute atomic E-state index is 11.8. The van der Waals surface area contributed by atoms with E-state index >= 15 is 0 Å². The van der Waals surface area contributed by atoms with Crippen molar-refractivity contribution < 1.29 is 9.90 Å². The predicted octanol–water partition coefficient (Wildman–Crippen LogP) is 1.43. The van der Waals surface area contributed by atoms with Crippen LogP contribution in [-0.2, 0) is 17.4 Å². The van der Waals surface area contributed by atoms with Crippen molar-refractivity contribution in [1.82, 2.24) is 15.1 Å². The second-order valence-electron chi connectivity index (χ2n) is 5.88. The zero-order valence-electron chi connectivity index (χ0n) is 12.5. The summed E-state index contributed by atoms with van der Waals surface area (Å²) >= 11 is 0. The van der Waals surface area contributed by atoms with Crippen molar-refractivity contribution in [3.8, 4) is 0 Å². The number of carbonyl (C=O) groups is 1. The number of amides is 1. The Bertz CT molecular complexity index is 424. The molecule has 0 fully saturated rings. The smallest absolute Gasteiger partial charge is 0.220 e. The standard InChI is InChI=1S/C14H25N3O2/c1-10(2)11(3)6-13(18)15-9-14(4,19)12-7-16-17(5)8-12/h7-8,10-11,19H,6,9H2,1-5H3,(H,15,18). The van der Waals surface area contributed by atoms with E-state index in [-0.39, 0.29) is 12.5 Å². The maximum atomic E-state index is 11.8. The van der Waals surface area contributed by atoms with E-state index in [2.05, 4.69) is 31.2 Å². The molecule has 0 saturated carbocycles. The topological polar surface area (TPSA) is 67.2 Å². The Labute approximate surface area is 115 Å². The highest BCUT2D eigenvalue weighted by Crippen LogP contribution is 2.19. The number of hydrogen-bond donors (Lipinski definition) is 2. The molecule has 108 valence electrons. The number of hydrogen-bond acceptors (Lipinski definition) is 3. The Hall–Kier alpha value is -1.36. The highest BCUT2D eigenvalue weighted by atomic mass is 16.3. The van der Waals surface area contributed by atoms with Crippen LogP contribution in [0.15, 0.2) is 12.4 Å². The van der Waals surface area contributed by atoms with E-state index in [9.17, 15) is 9.90 Å². The SMILES string of the molecule is CC(C)C(C)CC(=O)NCC(C)(O)c1cnn(C)c1. The van der Waals surface area contributed by atoms with E-state index in [0.717, 1.165) is 0 Å². The van der Waals surface area contributed by atoms with Crippen LogP contribution in [0.5, 0.6) is 0 Å². The Morgan fingerprint density at radius 3 is 2.63 bits per heavy atom. The summed E-state index contributed by atoms with van der Waals surface area (Å²) in [6.45, 7) is 8.13. The third kappa shape index (κ3) is 4.67. The van der Waals surface area contributed by atoms with Gasteiger partial charge < -0.3 is 10.4 Å². The molecule has 0 spiro atoms. The van der Waals surface area contributed by atoms with E-state index < -0.39 is 5.60 Å². The van der Waals surface area contributed by atoms with Gasteiger partial charge in [-0.05, 0) is 18.8 Å². The Morgan fingerprint density at radius 2 is 2.16 bits per heavy atom. The lowest BCUT2D eigenvalue weighted by molar-refractivity contribution is -0.123. The van der Waals surface area contributed by atoms with Gasteiger partial charge in [0.05, 0.1) is 12.7 Å². The minimum Gasteiger partial charge on any atom is -0.383 e. The minimum atomic E-state index is -1.09. The summed E-state index contributed by atoms with van der Waals surface area (Å²) in [7, 11) is 1.79. The number of rotatable bonds is 6. The first-order chi connectivity index (χ1) is 8.72. The Balaban J connectivity index is 2.49. The summed E-state index contributed by atoms with van der Waals surface area (Å²) in [5.74, 6) is 0.790. The lowest BCUT2D eigenvalue weighted by Gasteiger charge is -2.23. The molecule has 1 aromatic heterocycles. The molecule has 1 rings (SSSR count). The molecule has 19 heavy (non-hydrogen) atoms. The number of aliphatic hydroxyl groups is 1. The molecule has 0 aliphatic heterocycles. The second kappa shape index (κ2) is 6.19. The maximum Gasteiger partial charge on any atom is 0.220 e. The van der Waals surface area contributed by atoms with Crippen molar-refractivity contribution in [1.29, 1.82) is 0 Å². The monoisotopic (exact) mass is 267 g/mol. The highest BCUT2D eigenvalue weighted by Gasteiger charge is 2.25. The minimum absolute atomic E-state index is 0.0228. The number of aryl methyl sites for hydroxylation is 1. The largest absolute Gasteiger partial charge is 0.383 e. The van der Waals surface area contributed by atoms with Crippen LogP contribution in [0.2, 0.25) is 0 Å². The average molecular weight is 267 g/mol. The normalized spacial score (nSPS) is 16.2. The second-order valence-corrected chi connectivity index (χ2v) is 5.88. The molecule has 5 nitrogen and oxygen atoms in total. The fourth-order valence-corrected chi connectivity index (χ4v) is 1.67. The summed E-state index contributed by atoms with van der Waals surface area (Å²) in [5, 5.41) is 17.1. The molecule has 0 aliphatic rings. The number of carbonyl (C=O) groups excluding carboxylic acids is 1. The fraction of sp³-hybridized carbons (Fsp3) is 0.714. The Kier molecular flexibility index (Phi) is 5.11. The van der Waals surface area contributed by atoms with Crippen LogP contribution >= 0.6 is 0 Å². The molecular formula is C14H25N3O2. The molecular weight excluding hydrogens is 242 g/mol. The van der Waals surface area contributed by atoms with E-state index in [1.807, 2.05) is 0 Å². The van der Waals surface area contributed by atoms with Crippen LogP contribution in [0.25, 0.3) is 0 Å². The molecule has 1 heterocycles. The van der Waals surface area contributed by atoms with E-state index in [4.69, 9.17) is 0 Å². The van der Waals surface area contributed by atoms with Crippen molar-refractivity contribution in [3.05, 3.63) is 18.0 Å². The number of nitrogens with zero attached hydrogens (tertiary/aromatic N) is 2. The molecule has 2 N–H and O–H groups in total. The van der Waals surface area contributed by atoms with Crippen LogP contribution < -0.4 is 5.32 Å². The van der Waals surface area contributed by atoms with Crippen LogP contribution in [-0.4, -0.2) is 27.3 Å². The van der Waals surface area contributed by atoms with Gasteiger partial charge in [-0.1, -0.05) is 20.8 Å². The van der Waals surface area contributed by atoms with Crippen molar-refractivity contribution in [2.45, 2.75) is 39.7 Å². The zero-order valence-corrected chi connectivity index (χ0v) is 12.5. The van der Waals surface area contributed by atoms with Crippen LogP contribution in [0.4, 0.5) is 0 Å². The van der Waals surface area contributed by atoms with Gasteiger partial charge in [0.25, 0.3) is 0 Å². The molecule has 0 radical (unpaired) electrons.